The molecule has 2 rings (SSSR count). The van der Waals surface area contributed by atoms with Crippen LogP contribution in [0.4, 0.5) is 0 Å². The Balaban J connectivity index is 2.68. The summed E-state index contributed by atoms with van der Waals surface area (Å²) < 4.78 is 5.12. The van der Waals surface area contributed by atoms with Crippen molar-refractivity contribution in [1.29, 1.82) is 0 Å². The Hall–Kier alpha value is -1.97. The first-order chi connectivity index (χ1) is 7.18. The fourth-order valence-corrected chi connectivity index (χ4v) is 1.39. The Morgan fingerprint density at radius 3 is 2.73 bits per heavy atom. The number of aryl methyl sites for hydroxylation is 1. The molecule has 1 heterocycles. The predicted octanol–water partition coefficient (Wildman–Crippen LogP) is 1.86. The number of rotatable bonds is 1. The molecule has 1 aromatic heterocycles. The van der Waals surface area contributed by atoms with Gasteiger partial charge in [-0.3, -0.25) is 4.79 Å². The molecule has 0 aliphatic carbocycles. The van der Waals surface area contributed by atoms with E-state index in [-0.39, 0.29) is 5.97 Å². The molecule has 0 fully saturated rings. The highest BCUT2D eigenvalue weighted by Crippen LogP contribution is 2.25. The zero-order valence-electron chi connectivity index (χ0n) is 8.52. The zero-order valence-corrected chi connectivity index (χ0v) is 8.52. The Morgan fingerprint density at radius 2 is 2.00 bits per heavy atom. The van der Waals surface area contributed by atoms with Gasteiger partial charge in [0.25, 0.3) is 0 Å². The van der Waals surface area contributed by atoms with Crippen LogP contribution in [-0.2, 0) is 4.79 Å². The molecule has 4 heteroatoms. The van der Waals surface area contributed by atoms with Gasteiger partial charge in [-0.05, 0) is 19.1 Å². The number of aromatic nitrogens is 2. The smallest absolute Gasteiger partial charge is 0.308 e. The number of carbonyl (C=O) groups is 1. The summed E-state index contributed by atoms with van der Waals surface area (Å²) in [7, 11) is 0. The third-order valence-corrected chi connectivity index (χ3v) is 2.03. The number of fused-ring (bicyclic) bond motifs is 1. The van der Waals surface area contributed by atoms with E-state index in [2.05, 4.69) is 10.2 Å². The van der Waals surface area contributed by atoms with Crippen LogP contribution >= 0.6 is 0 Å². The molecule has 15 heavy (non-hydrogen) atoms. The summed E-state index contributed by atoms with van der Waals surface area (Å²) in [4.78, 5) is 10.9. The largest absolute Gasteiger partial charge is 0.424 e. The van der Waals surface area contributed by atoms with E-state index in [4.69, 9.17) is 4.74 Å². The van der Waals surface area contributed by atoms with Crippen molar-refractivity contribution in [2.75, 3.05) is 0 Å². The standard InChI is InChI=1S/C11H10N2O2/c1-7-11(15-8(2)14)9-5-3-4-6-10(9)13-12-7/h3-6H,1-2H3. The summed E-state index contributed by atoms with van der Waals surface area (Å²) >= 11 is 0. The maximum absolute atomic E-state index is 10.9. The molecular weight excluding hydrogens is 192 g/mol. The fraction of sp³-hybridized carbons (Fsp3) is 0.182. The van der Waals surface area contributed by atoms with E-state index in [0.29, 0.717) is 11.4 Å². The Kier molecular flexibility index (Phi) is 2.33. The van der Waals surface area contributed by atoms with E-state index in [1.807, 2.05) is 24.3 Å². The second kappa shape index (κ2) is 3.65. The summed E-state index contributed by atoms with van der Waals surface area (Å²) in [6.07, 6.45) is 0. The molecule has 0 saturated heterocycles. The van der Waals surface area contributed by atoms with Crippen molar-refractivity contribution >= 4 is 16.9 Å². The van der Waals surface area contributed by atoms with Gasteiger partial charge in [0.05, 0.1) is 5.52 Å². The molecule has 0 spiro atoms. The van der Waals surface area contributed by atoms with Crippen LogP contribution in [0.2, 0.25) is 0 Å². The van der Waals surface area contributed by atoms with Gasteiger partial charge >= 0.3 is 5.97 Å². The summed E-state index contributed by atoms with van der Waals surface area (Å²) in [5.74, 6) is 0.143. The van der Waals surface area contributed by atoms with Gasteiger partial charge in [0.15, 0.2) is 5.75 Å². The third kappa shape index (κ3) is 1.79. The van der Waals surface area contributed by atoms with Crippen LogP contribution in [0.3, 0.4) is 0 Å². The SMILES string of the molecule is CC(=O)Oc1c(C)nnc2ccccc12. The molecule has 0 aliphatic rings. The van der Waals surface area contributed by atoms with Crippen LogP contribution < -0.4 is 4.74 Å². The van der Waals surface area contributed by atoms with E-state index in [1.165, 1.54) is 6.92 Å². The van der Waals surface area contributed by atoms with Crippen LogP contribution in [0.15, 0.2) is 24.3 Å². The maximum Gasteiger partial charge on any atom is 0.308 e. The topological polar surface area (TPSA) is 52.1 Å². The number of nitrogens with zero attached hydrogens (tertiary/aromatic N) is 2. The monoisotopic (exact) mass is 202 g/mol. The molecule has 0 saturated carbocycles. The van der Waals surface area contributed by atoms with Crippen LogP contribution in [0.25, 0.3) is 10.9 Å². The fourth-order valence-electron chi connectivity index (χ4n) is 1.39. The maximum atomic E-state index is 10.9. The summed E-state index contributed by atoms with van der Waals surface area (Å²) in [5.41, 5.74) is 1.34. The van der Waals surface area contributed by atoms with Crippen LogP contribution in [-0.4, -0.2) is 16.2 Å². The molecule has 0 amide bonds. The van der Waals surface area contributed by atoms with Gasteiger partial charge in [-0.25, -0.2) is 0 Å². The lowest BCUT2D eigenvalue weighted by Crippen LogP contribution is -2.05. The number of esters is 1. The lowest BCUT2D eigenvalue weighted by Gasteiger charge is -2.06. The van der Waals surface area contributed by atoms with Gasteiger partial charge < -0.3 is 4.74 Å². The van der Waals surface area contributed by atoms with E-state index in [1.54, 1.807) is 6.92 Å². The van der Waals surface area contributed by atoms with Crippen LogP contribution in [0.1, 0.15) is 12.6 Å². The van der Waals surface area contributed by atoms with E-state index >= 15 is 0 Å². The van der Waals surface area contributed by atoms with Crippen molar-refractivity contribution in [1.82, 2.24) is 10.2 Å². The lowest BCUT2D eigenvalue weighted by atomic mass is 10.2. The molecule has 0 N–H and O–H groups in total. The minimum Gasteiger partial charge on any atom is -0.424 e. The Labute approximate surface area is 86.9 Å². The van der Waals surface area contributed by atoms with Gasteiger partial charge in [-0.2, -0.15) is 5.10 Å². The highest BCUT2D eigenvalue weighted by molar-refractivity contribution is 5.87. The first kappa shape index (κ1) is 9.58. The quantitative estimate of drug-likeness (QED) is 0.662. The molecule has 2 aromatic rings. The van der Waals surface area contributed by atoms with Crippen molar-refractivity contribution in [3.63, 3.8) is 0 Å². The molecule has 1 aromatic carbocycles. The normalized spacial score (nSPS) is 10.3. The molecule has 0 radical (unpaired) electrons. The van der Waals surface area contributed by atoms with Crippen molar-refractivity contribution in [3.05, 3.63) is 30.0 Å². The van der Waals surface area contributed by atoms with Crippen molar-refractivity contribution in [3.8, 4) is 5.75 Å². The third-order valence-electron chi connectivity index (χ3n) is 2.03. The molecule has 0 atom stereocenters. The van der Waals surface area contributed by atoms with E-state index in [9.17, 15) is 4.79 Å². The Bertz CT molecular complexity index is 523. The molecule has 4 nitrogen and oxygen atoms in total. The molecule has 0 unspecified atom stereocenters. The van der Waals surface area contributed by atoms with E-state index < -0.39 is 0 Å². The van der Waals surface area contributed by atoms with Crippen molar-refractivity contribution in [2.24, 2.45) is 0 Å². The van der Waals surface area contributed by atoms with Gasteiger partial charge in [-0.1, -0.05) is 12.1 Å². The van der Waals surface area contributed by atoms with Gasteiger partial charge in [0.2, 0.25) is 0 Å². The molecule has 0 aliphatic heterocycles. The molecular formula is C11H10N2O2. The minimum atomic E-state index is -0.351. The summed E-state index contributed by atoms with van der Waals surface area (Å²) in [6, 6.07) is 7.42. The average Bonchev–Trinajstić information content (AvgIpc) is 2.22. The van der Waals surface area contributed by atoms with E-state index in [0.717, 1.165) is 10.9 Å². The number of hydrogen-bond acceptors (Lipinski definition) is 4. The van der Waals surface area contributed by atoms with Crippen molar-refractivity contribution < 1.29 is 9.53 Å². The van der Waals surface area contributed by atoms with Gasteiger partial charge in [-0.15, -0.1) is 5.10 Å². The van der Waals surface area contributed by atoms with Crippen molar-refractivity contribution in [2.45, 2.75) is 13.8 Å². The van der Waals surface area contributed by atoms with Crippen LogP contribution in [0, 0.1) is 6.92 Å². The highest BCUT2D eigenvalue weighted by atomic mass is 16.5. The average molecular weight is 202 g/mol. The molecule has 0 bridgehead atoms. The second-order valence-electron chi connectivity index (χ2n) is 3.23. The first-order valence-corrected chi connectivity index (χ1v) is 4.59. The zero-order chi connectivity index (χ0) is 10.8. The van der Waals surface area contributed by atoms with Gasteiger partial charge in [0.1, 0.15) is 5.69 Å². The number of benzene rings is 1. The summed E-state index contributed by atoms with van der Waals surface area (Å²) in [5, 5.41) is 8.75. The molecule has 76 valence electrons. The Morgan fingerprint density at radius 1 is 1.27 bits per heavy atom. The minimum absolute atomic E-state index is 0.351. The summed E-state index contributed by atoms with van der Waals surface area (Å²) in [6.45, 7) is 3.13. The lowest BCUT2D eigenvalue weighted by molar-refractivity contribution is -0.131. The highest BCUT2D eigenvalue weighted by Gasteiger charge is 2.09. The number of ether oxygens (including phenoxy) is 1. The number of carbonyl (C=O) groups excluding carboxylic acids is 1. The van der Waals surface area contributed by atoms with Crippen LogP contribution in [0.5, 0.6) is 5.75 Å². The number of hydrogen-bond donors (Lipinski definition) is 0. The second-order valence-corrected chi connectivity index (χ2v) is 3.23. The predicted molar refractivity (Wildman–Crippen MR) is 55.6 cm³/mol. The first-order valence-electron chi connectivity index (χ1n) is 4.59. The van der Waals surface area contributed by atoms with Gasteiger partial charge in [0, 0.05) is 12.3 Å².